The highest BCUT2D eigenvalue weighted by molar-refractivity contribution is 6.19. The smallest absolute Gasteiger partial charge is 0.161 e. The topological polar surface area (TPSA) is 29.0 Å². The van der Waals surface area contributed by atoms with E-state index in [0.717, 1.165) is 50.3 Å². The normalized spacial score (nSPS) is 12.0. The molecule has 0 saturated heterocycles. The van der Waals surface area contributed by atoms with Crippen LogP contribution in [0.3, 0.4) is 0 Å². The molecule has 0 fully saturated rings. The van der Waals surface area contributed by atoms with Crippen LogP contribution in [0.5, 0.6) is 0 Å². The molecule has 0 aliphatic carbocycles. The zero-order valence-electron chi connectivity index (χ0n) is 26.6. The molecule has 0 unspecified atom stereocenters. The first-order chi connectivity index (χ1) is 24.3. The highest BCUT2D eigenvalue weighted by atomic mass is 15.2. The number of hydrogen-bond acceptors (Lipinski definition) is 3. The Kier molecular flexibility index (Phi) is 6.18. The van der Waals surface area contributed by atoms with E-state index in [9.17, 15) is 0 Å². The molecule has 0 atom stereocenters. The van der Waals surface area contributed by atoms with Gasteiger partial charge in [-0.3, -0.25) is 0 Å². The van der Waals surface area contributed by atoms with Gasteiger partial charge in [0.05, 0.1) is 22.6 Å². The van der Waals surface area contributed by atoms with Crippen molar-refractivity contribution < 1.29 is 0 Å². The van der Waals surface area contributed by atoms with Gasteiger partial charge in [0.25, 0.3) is 0 Å². The van der Waals surface area contributed by atoms with E-state index in [-0.39, 0.29) is 0 Å². The highest BCUT2D eigenvalue weighted by Gasteiger charge is 2.29. The maximum absolute atomic E-state index is 5.35. The van der Waals surface area contributed by atoms with Crippen LogP contribution < -0.4 is 4.90 Å². The molecular weight excluding hydrogens is 595 g/mol. The number of fused-ring (bicyclic) bond motifs is 4. The summed E-state index contributed by atoms with van der Waals surface area (Å²) in [6.07, 6.45) is 0. The molecule has 1 aliphatic heterocycles. The molecule has 10 rings (SSSR count). The van der Waals surface area contributed by atoms with E-state index in [1.165, 1.54) is 44.1 Å². The van der Waals surface area contributed by atoms with Gasteiger partial charge in [-0.05, 0) is 63.7 Å². The molecule has 9 aromatic rings. The first kappa shape index (κ1) is 27.5. The van der Waals surface area contributed by atoms with Gasteiger partial charge >= 0.3 is 0 Å². The van der Waals surface area contributed by atoms with Gasteiger partial charge < -0.3 is 4.90 Å². The van der Waals surface area contributed by atoms with E-state index < -0.39 is 0 Å². The highest BCUT2D eigenvalue weighted by Crippen LogP contribution is 2.55. The molecule has 0 bridgehead atoms. The maximum atomic E-state index is 5.35. The van der Waals surface area contributed by atoms with Crippen molar-refractivity contribution in [2.75, 3.05) is 4.90 Å². The van der Waals surface area contributed by atoms with Crippen molar-refractivity contribution in [3.63, 3.8) is 0 Å². The van der Waals surface area contributed by atoms with Crippen LogP contribution in [0.2, 0.25) is 0 Å². The Bertz CT molecular complexity index is 2720. The van der Waals surface area contributed by atoms with Crippen molar-refractivity contribution in [3.05, 3.63) is 176 Å². The van der Waals surface area contributed by atoms with Gasteiger partial charge in [-0.15, -0.1) is 0 Å². The van der Waals surface area contributed by atoms with Gasteiger partial charge in [-0.2, -0.15) is 0 Å². The number of aromatic nitrogens is 2. The Hall–Kier alpha value is -6.58. The molecule has 49 heavy (non-hydrogen) atoms. The van der Waals surface area contributed by atoms with E-state index in [1.54, 1.807) is 0 Å². The van der Waals surface area contributed by atoms with Crippen molar-refractivity contribution in [1.29, 1.82) is 0 Å². The Balaban J connectivity index is 1.24. The summed E-state index contributed by atoms with van der Waals surface area (Å²) in [5, 5.41) is 5.78. The predicted octanol–water partition coefficient (Wildman–Crippen LogP) is 12.4. The lowest BCUT2D eigenvalue weighted by atomic mass is 9.86. The fourth-order valence-electron chi connectivity index (χ4n) is 7.57. The number of nitrogens with zero attached hydrogens (tertiary/aromatic N) is 3. The fourth-order valence-corrected chi connectivity index (χ4v) is 7.57. The largest absolute Gasteiger partial charge is 0.309 e. The van der Waals surface area contributed by atoms with Crippen LogP contribution in [-0.4, -0.2) is 9.97 Å². The van der Waals surface area contributed by atoms with Crippen molar-refractivity contribution in [2.45, 2.75) is 0 Å². The summed E-state index contributed by atoms with van der Waals surface area (Å²) in [5.41, 5.74) is 12.2. The molecule has 0 saturated carbocycles. The number of rotatable bonds is 4. The van der Waals surface area contributed by atoms with Gasteiger partial charge in [-0.1, -0.05) is 140 Å². The number of hydrogen-bond donors (Lipinski definition) is 0. The van der Waals surface area contributed by atoms with E-state index in [2.05, 4.69) is 181 Å². The summed E-state index contributed by atoms with van der Waals surface area (Å²) >= 11 is 0. The SMILES string of the molecule is c1ccc(-c2cccc3c2N(c2ccccc2)c2ccc(-c4nc(-c5ccc6ccccc6c5)c5ccccc5n4)c4cccc-3c24)cc1. The van der Waals surface area contributed by atoms with E-state index in [0.29, 0.717) is 0 Å². The van der Waals surface area contributed by atoms with Gasteiger partial charge in [0.1, 0.15) is 0 Å². The van der Waals surface area contributed by atoms with Crippen LogP contribution in [-0.2, 0) is 0 Å². The molecule has 0 amide bonds. The molecule has 0 spiro atoms. The molecule has 2 heterocycles. The summed E-state index contributed by atoms with van der Waals surface area (Å²) in [7, 11) is 0. The third-order valence-corrected chi connectivity index (χ3v) is 9.78. The molecular formula is C46H29N3. The van der Waals surface area contributed by atoms with Crippen LogP contribution in [0.15, 0.2) is 176 Å². The lowest BCUT2D eigenvalue weighted by Crippen LogP contribution is -2.16. The van der Waals surface area contributed by atoms with Crippen molar-refractivity contribution in [2.24, 2.45) is 0 Å². The quantitative estimate of drug-likeness (QED) is 0.195. The summed E-state index contributed by atoms with van der Waals surface area (Å²) in [6, 6.07) is 62.6. The average molecular weight is 624 g/mol. The third-order valence-electron chi connectivity index (χ3n) is 9.78. The molecule has 228 valence electrons. The molecule has 1 aliphatic rings. The van der Waals surface area contributed by atoms with Crippen molar-refractivity contribution >= 4 is 49.5 Å². The minimum Gasteiger partial charge on any atom is -0.309 e. The summed E-state index contributed by atoms with van der Waals surface area (Å²) < 4.78 is 0. The molecule has 3 heteroatoms. The summed E-state index contributed by atoms with van der Waals surface area (Å²) in [6.45, 7) is 0. The number of anilines is 3. The number of benzene rings is 8. The molecule has 1 aromatic heterocycles. The van der Waals surface area contributed by atoms with Crippen LogP contribution in [0.4, 0.5) is 17.1 Å². The zero-order chi connectivity index (χ0) is 32.3. The summed E-state index contributed by atoms with van der Waals surface area (Å²) in [4.78, 5) is 13.0. The van der Waals surface area contributed by atoms with Gasteiger partial charge in [-0.25, -0.2) is 9.97 Å². The monoisotopic (exact) mass is 623 g/mol. The maximum Gasteiger partial charge on any atom is 0.161 e. The van der Waals surface area contributed by atoms with Gasteiger partial charge in [0, 0.05) is 38.7 Å². The van der Waals surface area contributed by atoms with Crippen molar-refractivity contribution in [1.82, 2.24) is 9.97 Å². The summed E-state index contributed by atoms with van der Waals surface area (Å²) in [5.74, 6) is 0.723. The second-order valence-electron chi connectivity index (χ2n) is 12.6. The first-order valence-electron chi connectivity index (χ1n) is 16.7. The Morgan fingerprint density at radius 3 is 1.98 bits per heavy atom. The Labute approximate surface area is 284 Å². The van der Waals surface area contributed by atoms with E-state index in [1.807, 2.05) is 0 Å². The molecule has 0 radical (unpaired) electrons. The molecule has 3 nitrogen and oxygen atoms in total. The lowest BCUT2D eigenvalue weighted by molar-refractivity contribution is 1.23. The fraction of sp³-hybridized carbons (Fsp3) is 0. The Morgan fingerprint density at radius 1 is 0.408 bits per heavy atom. The van der Waals surface area contributed by atoms with Gasteiger partial charge in [0.15, 0.2) is 5.82 Å². The third kappa shape index (κ3) is 4.37. The Morgan fingerprint density at radius 2 is 1.10 bits per heavy atom. The van der Waals surface area contributed by atoms with Crippen LogP contribution >= 0.6 is 0 Å². The van der Waals surface area contributed by atoms with Crippen LogP contribution in [0, 0.1) is 0 Å². The lowest BCUT2D eigenvalue weighted by Gasteiger charge is -2.35. The zero-order valence-corrected chi connectivity index (χ0v) is 26.6. The first-order valence-corrected chi connectivity index (χ1v) is 16.7. The minimum absolute atomic E-state index is 0.723. The molecule has 8 aromatic carbocycles. The predicted molar refractivity (Wildman–Crippen MR) is 205 cm³/mol. The number of para-hydroxylation sites is 3. The minimum atomic E-state index is 0.723. The van der Waals surface area contributed by atoms with Crippen molar-refractivity contribution in [3.8, 4) is 44.9 Å². The second kappa shape index (κ2) is 11.0. The van der Waals surface area contributed by atoms with E-state index in [4.69, 9.17) is 9.97 Å². The van der Waals surface area contributed by atoms with Gasteiger partial charge in [0.2, 0.25) is 0 Å². The molecule has 0 N–H and O–H groups in total. The average Bonchev–Trinajstić information content (AvgIpc) is 3.18. The van der Waals surface area contributed by atoms with Crippen LogP contribution in [0.25, 0.3) is 77.3 Å². The van der Waals surface area contributed by atoms with E-state index >= 15 is 0 Å². The second-order valence-corrected chi connectivity index (χ2v) is 12.6. The van der Waals surface area contributed by atoms with Crippen LogP contribution in [0.1, 0.15) is 0 Å². The standard InChI is InChI=1S/C46H29N3/c1-3-14-31(15-4-1)35-20-11-23-38-36-21-12-22-37-39(27-28-42(43(36)37)49(45(35)38)34-17-5-2-6-18-34)46-47-41-24-10-9-19-40(41)44(48-46)33-26-25-30-13-7-8-16-32(30)29-33/h1-29H.